The van der Waals surface area contributed by atoms with Crippen molar-refractivity contribution < 1.29 is 13.7 Å². The summed E-state index contributed by atoms with van der Waals surface area (Å²) in [5.74, 6) is -0.186. The smallest absolute Gasteiger partial charge is 0.293 e. The second kappa shape index (κ2) is 5.59. The number of H-pyrrole nitrogens is 1. The first-order valence-corrected chi connectivity index (χ1v) is 8.98. The topological polar surface area (TPSA) is 92.5 Å². The number of nitrogens with zero attached hydrogens (tertiary/aromatic N) is 2. The van der Waals surface area contributed by atoms with Gasteiger partial charge in [-0.2, -0.15) is 5.16 Å². The number of likely N-dealkylation sites (N-methyl/N-ethyl adjacent to an activating group) is 1. The molecular weight excluding hydrogens is 355 g/mol. The zero-order valence-corrected chi connectivity index (χ0v) is 15.0. The van der Waals surface area contributed by atoms with Gasteiger partial charge in [0.1, 0.15) is 17.8 Å². The zero-order valence-electron chi connectivity index (χ0n) is 15.0. The first-order chi connectivity index (χ1) is 13.0. The Morgan fingerprint density at radius 2 is 2.19 bits per heavy atom. The van der Waals surface area contributed by atoms with Gasteiger partial charge < -0.3 is 19.5 Å². The molecule has 0 radical (unpaired) electrons. The van der Waals surface area contributed by atoms with Gasteiger partial charge in [-0.25, -0.2) is 4.39 Å². The minimum absolute atomic E-state index is 0.0919. The van der Waals surface area contributed by atoms with E-state index in [0.29, 0.717) is 30.0 Å². The molecule has 8 nitrogen and oxygen atoms in total. The van der Waals surface area contributed by atoms with Crippen molar-refractivity contribution in [3.05, 3.63) is 32.5 Å². The van der Waals surface area contributed by atoms with Gasteiger partial charge in [-0.05, 0) is 26.5 Å². The molecule has 5 rings (SSSR count). The molecule has 27 heavy (non-hydrogen) atoms. The highest BCUT2D eigenvalue weighted by atomic mass is 19.1. The lowest BCUT2D eigenvalue weighted by molar-refractivity contribution is 0.244. The Morgan fingerprint density at radius 1 is 1.37 bits per heavy atom. The van der Waals surface area contributed by atoms with E-state index in [1.54, 1.807) is 4.57 Å². The molecule has 2 N–H and O–H groups in total. The summed E-state index contributed by atoms with van der Waals surface area (Å²) in [5.41, 5.74) is -0.163. The Balaban J connectivity index is 1.89. The molecule has 2 unspecified atom stereocenters. The SMILES string of the molecule is CNC1CCN(c2c(F)cc3c(=O)c4c(=O)[nH]oc4n4c3c2OCC4C)C1. The molecule has 0 bridgehead atoms. The van der Waals surface area contributed by atoms with Crippen molar-refractivity contribution in [3.63, 3.8) is 0 Å². The summed E-state index contributed by atoms with van der Waals surface area (Å²) in [6, 6.07) is 1.30. The van der Waals surface area contributed by atoms with Crippen molar-refractivity contribution >= 4 is 27.7 Å². The van der Waals surface area contributed by atoms with Gasteiger partial charge in [-0.3, -0.25) is 14.2 Å². The first-order valence-electron chi connectivity index (χ1n) is 8.98. The van der Waals surface area contributed by atoms with Crippen LogP contribution in [0.1, 0.15) is 19.4 Å². The molecule has 3 aromatic rings. The number of rotatable bonds is 2. The molecule has 0 aliphatic carbocycles. The number of pyridine rings is 1. The summed E-state index contributed by atoms with van der Waals surface area (Å²) in [6.45, 7) is 3.52. The maximum absolute atomic E-state index is 15.1. The van der Waals surface area contributed by atoms with Crippen molar-refractivity contribution in [2.45, 2.75) is 25.4 Å². The summed E-state index contributed by atoms with van der Waals surface area (Å²) < 4.78 is 28.1. The van der Waals surface area contributed by atoms with Crippen molar-refractivity contribution in [2.75, 3.05) is 31.6 Å². The number of hydrogen-bond donors (Lipinski definition) is 2. The van der Waals surface area contributed by atoms with Crippen LogP contribution in [0.25, 0.3) is 22.0 Å². The third-order valence-electron chi connectivity index (χ3n) is 5.62. The van der Waals surface area contributed by atoms with Crippen LogP contribution in [0.15, 0.2) is 20.2 Å². The van der Waals surface area contributed by atoms with Crippen LogP contribution in [0.3, 0.4) is 0 Å². The van der Waals surface area contributed by atoms with E-state index in [0.717, 1.165) is 6.42 Å². The van der Waals surface area contributed by atoms with E-state index in [-0.39, 0.29) is 35.2 Å². The molecule has 2 aromatic heterocycles. The van der Waals surface area contributed by atoms with Gasteiger partial charge in [-0.1, -0.05) is 0 Å². The van der Waals surface area contributed by atoms with Crippen molar-refractivity contribution in [1.82, 2.24) is 15.0 Å². The molecule has 9 heteroatoms. The molecule has 1 fully saturated rings. The van der Waals surface area contributed by atoms with Crippen LogP contribution in [0.4, 0.5) is 10.1 Å². The minimum atomic E-state index is -0.609. The highest BCUT2D eigenvalue weighted by Crippen LogP contribution is 2.43. The van der Waals surface area contributed by atoms with E-state index in [1.807, 2.05) is 18.9 Å². The van der Waals surface area contributed by atoms with E-state index in [4.69, 9.17) is 9.26 Å². The average Bonchev–Trinajstić information content (AvgIpc) is 3.27. The highest BCUT2D eigenvalue weighted by Gasteiger charge is 2.33. The summed E-state index contributed by atoms with van der Waals surface area (Å²) >= 11 is 0. The van der Waals surface area contributed by atoms with Crippen LogP contribution in [-0.2, 0) is 0 Å². The molecule has 2 atom stereocenters. The molecule has 1 aromatic carbocycles. The molecule has 1 saturated heterocycles. The Morgan fingerprint density at radius 3 is 2.93 bits per heavy atom. The van der Waals surface area contributed by atoms with E-state index >= 15 is 4.39 Å². The van der Waals surface area contributed by atoms with Crippen LogP contribution < -0.4 is 25.9 Å². The number of benzene rings is 1. The summed E-state index contributed by atoms with van der Waals surface area (Å²) in [7, 11) is 1.88. The lowest BCUT2D eigenvalue weighted by Crippen LogP contribution is -2.31. The van der Waals surface area contributed by atoms with Gasteiger partial charge in [-0.15, -0.1) is 0 Å². The van der Waals surface area contributed by atoms with Gasteiger partial charge in [0.15, 0.2) is 17.0 Å². The average molecular weight is 374 g/mol. The van der Waals surface area contributed by atoms with E-state index in [1.165, 1.54) is 6.07 Å². The summed E-state index contributed by atoms with van der Waals surface area (Å²) in [6.07, 6.45) is 0.891. The van der Waals surface area contributed by atoms with Crippen LogP contribution >= 0.6 is 0 Å². The number of aromatic amines is 1. The number of aromatic nitrogens is 2. The van der Waals surface area contributed by atoms with Crippen molar-refractivity contribution in [2.24, 2.45) is 0 Å². The first kappa shape index (κ1) is 16.4. The fraction of sp³-hybridized carbons (Fsp3) is 0.444. The lowest BCUT2D eigenvalue weighted by Gasteiger charge is -2.30. The quantitative estimate of drug-likeness (QED) is 0.703. The Labute approximate surface area is 152 Å². The normalized spacial score (nSPS) is 22.0. The maximum Gasteiger partial charge on any atom is 0.293 e. The van der Waals surface area contributed by atoms with Crippen LogP contribution in [0.5, 0.6) is 5.75 Å². The Bertz CT molecular complexity index is 1190. The molecule has 4 heterocycles. The van der Waals surface area contributed by atoms with Crippen molar-refractivity contribution in [3.8, 4) is 5.75 Å². The van der Waals surface area contributed by atoms with Crippen LogP contribution in [0, 0.1) is 5.82 Å². The van der Waals surface area contributed by atoms with Gasteiger partial charge >= 0.3 is 0 Å². The number of anilines is 1. The fourth-order valence-electron chi connectivity index (χ4n) is 4.25. The number of fused-ring (bicyclic) bond motifs is 2. The Kier molecular flexibility index (Phi) is 3.39. The largest absolute Gasteiger partial charge is 0.487 e. The van der Waals surface area contributed by atoms with Gasteiger partial charge in [0.25, 0.3) is 5.56 Å². The lowest BCUT2D eigenvalue weighted by atomic mass is 10.1. The van der Waals surface area contributed by atoms with Gasteiger partial charge in [0.2, 0.25) is 11.1 Å². The number of ether oxygens (including phenoxy) is 1. The summed E-state index contributed by atoms with van der Waals surface area (Å²) in [4.78, 5) is 26.9. The van der Waals surface area contributed by atoms with E-state index in [2.05, 4.69) is 10.5 Å². The van der Waals surface area contributed by atoms with Gasteiger partial charge in [0.05, 0.1) is 11.4 Å². The third kappa shape index (κ3) is 2.11. The van der Waals surface area contributed by atoms with Gasteiger partial charge in [0, 0.05) is 19.1 Å². The molecular formula is C18H19FN4O4. The maximum atomic E-state index is 15.1. The number of nitrogens with one attached hydrogen (secondary N) is 2. The fourth-order valence-corrected chi connectivity index (χ4v) is 4.25. The zero-order chi connectivity index (χ0) is 18.9. The van der Waals surface area contributed by atoms with E-state index in [9.17, 15) is 9.59 Å². The monoisotopic (exact) mass is 374 g/mol. The van der Waals surface area contributed by atoms with Crippen molar-refractivity contribution in [1.29, 1.82) is 0 Å². The third-order valence-corrected chi connectivity index (χ3v) is 5.62. The molecule has 0 amide bonds. The highest BCUT2D eigenvalue weighted by molar-refractivity contribution is 5.98. The number of halogens is 1. The molecule has 142 valence electrons. The van der Waals surface area contributed by atoms with E-state index < -0.39 is 16.8 Å². The molecule has 0 saturated carbocycles. The molecule has 2 aliphatic heterocycles. The van der Waals surface area contributed by atoms with Crippen LogP contribution in [0.2, 0.25) is 0 Å². The van der Waals surface area contributed by atoms with Crippen LogP contribution in [-0.4, -0.2) is 42.5 Å². The second-order valence-corrected chi connectivity index (χ2v) is 7.23. The predicted octanol–water partition coefficient (Wildman–Crippen LogP) is 1.33. The summed E-state index contributed by atoms with van der Waals surface area (Å²) in [5, 5.41) is 5.47. The molecule has 2 aliphatic rings. The Hall–Kier alpha value is -2.81. The predicted molar refractivity (Wildman–Crippen MR) is 98.4 cm³/mol. The number of hydrogen-bond acceptors (Lipinski definition) is 6. The standard InChI is InChI=1S/C18H19FN4O4/c1-8-7-26-16-13-10(15(24)12-17(25)21-27-18(12)23(8)13)5-11(19)14(16)22-4-3-9(6-22)20-2/h5,8-9,20H,3-4,6-7H2,1-2H3,(H,21,25). The molecule has 0 spiro atoms. The second-order valence-electron chi connectivity index (χ2n) is 7.23. The minimum Gasteiger partial charge on any atom is -0.487 e.